The molecule has 0 bridgehead atoms. The second-order valence-electron chi connectivity index (χ2n) is 6.45. The number of carbonyl (C=O) groups excluding carboxylic acids is 1. The lowest BCUT2D eigenvalue weighted by Crippen LogP contribution is -2.34. The van der Waals surface area contributed by atoms with Crippen LogP contribution in [0.15, 0.2) is 24.3 Å². The van der Waals surface area contributed by atoms with Crippen molar-refractivity contribution in [3.05, 3.63) is 35.4 Å². The van der Waals surface area contributed by atoms with Crippen molar-refractivity contribution in [3.8, 4) is 23.0 Å². The third kappa shape index (κ3) is 2.08. The molecule has 0 saturated heterocycles. The van der Waals surface area contributed by atoms with E-state index in [0.717, 1.165) is 21.7 Å². The number of hydrogen-bond donors (Lipinski definition) is 2. The maximum Gasteiger partial charge on any atom is 0.257 e. The number of likely N-dealkylation sites (N-methyl/N-ethyl adjacent to an activating group) is 1. The van der Waals surface area contributed by atoms with E-state index in [1.54, 1.807) is 24.1 Å². The van der Waals surface area contributed by atoms with Gasteiger partial charge in [0, 0.05) is 19.0 Å². The summed E-state index contributed by atoms with van der Waals surface area (Å²) in [5, 5.41) is 24.0. The predicted molar refractivity (Wildman–Crippen MR) is 98.6 cm³/mol. The quantitative estimate of drug-likeness (QED) is 0.692. The fourth-order valence-electron chi connectivity index (χ4n) is 3.77. The molecule has 1 heterocycles. The van der Waals surface area contributed by atoms with Crippen LogP contribution in [-0.4, -0.2) is 48.8 Å². The number of amides is 1. The summed E-state index contributed by atoms with van der Waals surface area (Å²) in [4.78, 5) is 14.2. The Hall–Kier alpha value is -3.15. The number of phenols is 2. The zero-order valence-corrected chi connectivity index (χ0v) is 14.8. The van der Waals surface area contributed by atoms with E-state index >= 15 is 0 Å². The van der Waals surface area contributed by atoms with Crippen LogP contribution in [0.2, 0.25) is 0 Å². The minimum Gasteiger partial charge on any atom is -0.504 e. The Morgan fingerprint density at radius 3 is 2.54 bits per heavy atom. The molecule has 2 N–H and O–H groups in total. The number of fused-ring (bicyclic) bond motifs is 5. The highest BCUT2D eigenvalue weighted by molar-refractivity contribution is 6.17. The molecule has 6 heteroatoms. The van der Waals surface area contributed by atoms with Crippen LogP contribution in [0.1, 0.15) is 15.9 Å². The van der Waals surface area contributed by atoms with Gasteiger partial charge < -0.3 is 24.6 Å². The number of rotatable bonds is 2. The number of carbonyl (C=O) groups is 1. The van der Waals surface area contributed by atoms with Crippen molar-refractivity contribution in [2.75, 3.05) is 27.8 Å². The maximum absolute atomic E-state index is 12.6. The van der Waals surface area contributed by atoms with E-state index in [4.69, 9.17) is 9.47 Å². The average molecular weight is 353 g/mol. The SMILES string of the molecule is COc1cc2c(ccc3c4c(c(O)c(OC)c32)C(=O)N(C)CC4)cc1O. The van der Waals surface area contributed by atoms with Gasteiger partial charge in [0.1, 0.15) is 0 Å². The zero-order chi connectivity index (χ0) is 18.6. The van der Waals surface area contributed by atoms with E-state index < -0.39 is 0 Å². The molecule has 0 spiro atoms. The largest absolute Gasteiger partial charge is 0.504 e. The summed E-state index contributed by atoms with van der Waals surface area (Å²) in [6.07, 6.45) is 0.645. The van der Waals surface area contributed by atoms with Gasteiger partial charge in [-0.25, -0.2) is 0 Å². The van der Waals surface area contributed by atoms with Crippen LogP contribution in [0.5, 0.6) is 23.0 Å². The highest BCUT2D eigenvalue weighted by atomic mass is 16.5. The third-order valence-corrected chi connectivity index (χ3v) is 5.09. The number of nitrogens with zero attached hydrogens (tertiary/aromatic N) is 1. The van der Waals surface area contributed by atoms with Crippen LogP contribution in [-0.2, 0) is 6.42 Å². The van der Waals surface area contributed by atoms with Crippen molar-refractivity contribution in [1.29, 1.82) is 0 Å². The summed E-state index contributed by atoms with van der Waals surface area (Å²) in [5.41, 5.74) is 1.11. The summed E-state index contributed by atoms with van der Waals surface area (Å²) >= 11 is 0. The Labute approximate surface area is 150 Å². The van der Waals surface area contributed by atoms with E-state index in [9.17, 15) is 15.0 Å². The summed E-state index contributed by atoms with van der Waals surface area (Å²) < 4.78 is 10.7. The number of ether oxygens (including phenoxy) is 2. The van der Waals surface area contributed by atoms with Gasteiger partial charge in [-0.1, -0.05) is 12.1 Å². The predicted octanol–water partition coefficient (Wildman–Crippen LogP) is 3.05. The Balaban J connectivity index is 2.21. The van der Waals surface area contributed by atoms with Crippen molar-refractivity contribution in [2.24, 2.45) is 0 Å². The zero-order valence-electron chi connectivity index (χ0n) is 14.8. The summed E-state index contributed by atoms with van der Waals surface area (Å²) in [6.45, 7) is 0.587. The molecule has 1 amide bonds. The molecule has 0 atom stereocenters. The number of aromatic hydroxyl groups is 2. The van der Waals surface area contributed by atoms with Gasteiger partial charge in [-0.15, -0.1) is 0 Å². The normalized spacial score (nSPS) is 14.0. The number of phenolic OH excluding ortho intramolecular Hbond substituents is 2. The topological polar surface area (TPSA) is 79.2 Å². The molecule has 1 aliphatic rings. The van der Waals surface area contributed by atoms with Gasteiger partial charge in [-0.2, -0.15) is 0 Å². The molecule has 3 aromatic rings. The second-order valence-corrected chi connectivity index (χ2v) is 6.45. The van der Waals surface area contributed by atoms with E-state index in [-0.39, 0.29) is 23.2 Å². The molecule has 4 rings (SSSR count). The van der Waals surface area contributed by atoms with Gasteiger partial charge in [0.25, 0.3) is 5.91 Å². The fraction of sp³-hybridized carbons (Fsp3) is 0.250. The van der Waals surface area contributed by atoms with Crippen molar-refractivity contribution in [1.82, 2.24) is 4.90 Å². The van der Waals surface area contributed by atoms with E-state index in [0.29, 0.717) is 29.7 Å². The van der Waals surface area contributed by atoms with Gasteiger partial charge in [-0.3, -0.25) is 4.79 Å². The Morgan fingerprint density at radius 2 is 1.85 bits per heavy atom. The number of benzene rings is 3. The van der Waals surface area contributed by atoms with Crippen molar-refractivity contribution >= 4 is 27.5 Å². The molecular formula is C20H19NO5. The van der Waals surface area contributed by atoms with Crippen molar-refractivity contribution in [2.45, 2.75) is 6.42 Å². The van der Waals surface area contributed by atoms with E-state index in [2.05, 4.69) is 0 Å². The van der Waals surface area contributed by atoms with Crippen LogP contribution in [0, 0.1) is 0 Å². The van der Waals surface area contributed by atoms with Gasteiger partial charge in [-0.05, 0) is 40.3 Å². The standard InChI is InChI=1S/C20H19NO5/c1-21-7-6-12-11-5-4-10-8-14(22)15(25-2)9-13(10)16(11)19(26-3)18(23)17(12)20(21)24/h4-5,8-9,22-23H,6-7H2,1-3H3. The molecule has 0 aromatic heterocycles. The van der Waals surface area contributed by atoms with Crippen LogP contribution in [0.25, 0.3) is 21.5 Å². The van der Waals surface area contributed by atoms with Crippen LogP contribution >= 0.6 is 0 Å². The molecule has 134 valence electrons. The van der Waals surface area contributed by atoms with Crippen molar-refractivity contribution in [3.63, 3.8) is 0 Å². The molecule has 0 radical (unpaired) electrons. The van der Waals surface area contributed by atoms with Gasteiger partial charge in [0.05, 0.1) is 19.8 Å². The smallest absolute Gasteiger partial charge is 0.257 e. The Kier molecular flexibility index (Phi) is 3.57. The molecule has 0 saturated carbocycles. The third-order valence-electron chi connectivity index (χ3n) is 5.09. The Morgan fingerprint density at radius 1 is 1.08 bits per heavy atom. The molecule has 6 nitrogen and oxygen atoms in total. The monoisotopic (exact) mass is 353 g/mol. The summed E-state index contributed by atoms with van der Waals surface area (Å²) in [7, 11) is 4.67. The lowest BCUT2D eigenvalue weighted by atomic mass is 9.89. The lowest BCUT2D eigenvalue weighted by molar-refractivity contribution is 0.0777. The highest BCUT2D eigenvalue weighted by Gasteiger charge is 2.30. The fourth-order valence-corrected chi connectivity index (χ4v) is 3.77. The van der Waals surface area contributed by atoms with Gasteiger partial charge in [0.2, 0.25) is 0 Å². The van der Waals surface area contributed by atoms with Gasteiger partial charge >= 0.3 is 0 Å². The molecule has 26 heavy (non-hydrogen) atoms. The van der Waals surface area contributed by atoms with Crippen molar-refractivity contribution < 1.29 is 24.5 Å². The van der Waals surface area contributed by atoms with Crippen LogP contribution < -0.4 is 9.47 Å². The first-order valence-electron chi connectivity index (χ1n) is 8.28. The minimum atomic E-state index is -0.215. The first-order valence-corrected chi connectivity index (χ1v) is 8.28. The minimum absolute atomic E-state index is 0.0392. The molecule has 0 fully saturated rings. The number of methoxy groups -OCH3 is 2. The first-order chi connectivity index (χ1) is 12.5. The molecule has 0 unspecified atom stereocenters. The van der Waals surface area contributed by atoms with Crippen LogP contribution in [0.4, 0.5) is 0 Å². The first kappa shape index (κ1) is 16.3. The van der Waals surface area contributed by atoms with Crippen LogP contribution in [0.3, 0.4) is 0 Å². The van der Waals surface area contributed by atoms with Gasteiger partial charge in [0.15, 0.2) is 23.0 Å². The lowest BCUT2D eigenvalue weighted by Gasteiger charge is -2.28. The molecule has 3 aromatic carbocycles. The molecule has 1 aliphatic heterocycles. The summed E-state index contributed by atoms with van der Waals surface area (Å²) in [5.74, 6) is 0.261. The average Bonchev–Trinajstić information content (AvgIpc) is 2.63. The Bertz CT molecular complexity index is 1070. The second kappa shape index (κ2) is 5.69. The maximum atomic E-state index is 12.6. The number of hydrogen-bond acceptors (Lipinski definition) is 5. The van der Waals surface area contributed by atoms with E-state index in [1.165, 1.54) is 14.2 Å². The summed E-state index contributed by atoms with van der Waals surface area (Å²) in [6, 6.07) is 7.12. The highest BCUT2D eigenvalue weighted by Crippen LogP contribution is 2.47. The molecule has 0 aliphatic carbocycles. The molecular weight excluding hydrogens is 334 g/mol. The van der Waals surface area contributed by atoms with E-state index in [1.807, 2.05) is 12.1 Å².